The zero-order valence-electron chi connectivity index (χ0n) is 11.1. The molecule has 1 N–H and O–H groups in total. The number of benzene rings is 1. The third-order valence-electron chi connectivity index (χ3n) is 2.96. The highest BCUT2D eigenvalue weighted by atomic mass is 19.4. The van der Waals surface area contributed by atoms with Crippen LogP contribution >= 0.6 is 0 Å². The fourth-order valence-electron chi connectivity index (χ4n) is 2.00. The van der Waals surface area contributed by atoms with Crippen molar-refractivity contribution in [1.29, 1.82) is 0 Å². The van der Waals surface area contributed by atoms with E-state index in [1.807, 2.05) is 13.8 Å². The van der Waals surface area contributed by atoms with Gasteiger partial charge in [0.05, 0.1) is 5.56 Å². The molecule has 0 heterocycles. The summed E-state index contributed by atoms with van der Waals surface area (Å²) in [7, 11) is 0. The minimum Gasteiger partial charge on any atom is -0.308 e. The Hall–Kier alpha value is -1.03. The molecular formula is C14H20F3N. The number of alkyl halides is 3. The molecule has 102 valence electrons. The van der Waals surface area contributed by atoms with Gasteiger partial charge in [0.15, 0.2) is 0 Å². The topological polar surface area (TPSA) is 12.0 Å². The van der Waals surface area contributed by atoms with Gasteiger partial charge in [0.2, 0.25) is 0 Å². The molecule has 0 bridgehead atoms. The molecule has 1 nitrogen and oxygen atoms in total. The monoisotopic (exact) mass is 259 g/mol. The molecule has 0 spiro atoms. The zero-order valence-corrected chi connectivity index (χ0v) is 11.1. The van der Waals surface area contributed by atoms with Gasteiger partial charge in [-0.15, -0.1) is 0 Å². The van der Waals surface area contributed by atoms with Gasteiger partial charge in [-0.2, -0.15) is 13.2 Å². The van der Waals surface area contributed by atoms with Crippen LogP contribution in [0.3, 0.4) is 0 Å². The lowest BCUT2D eigenvalue weighted by atomic mass is 9.98. The highest BCUT2D eigenvalue weighted by Crippen LogP contribution is 2.32. The highest BCUT2D eigenvalue weighted by Gasteiger charge is 2.33. The minimum absolute atomic E-state index is 0.145. The van der Waals surface area contributed by atoms with Gasteiger partial charge in [-0.3, -0.25) is 0 Å². The summed E-state index contributed by atoms with van der Waals surface area (Å²) in [5, 5.41) is 3.19. The SMILES string of the molecule is CCCC(C)(C)NCc1ccccc1C(F)(F)F. The van der Waals surface area contributed by atoms with E-state index in [9.17, 15) is 13.2 Å². The van der Waals surface area contributed by atoms with Crippen molar-refractivity contribution in [2.24, 2.45) is 0 Å². The lowest BCUT2D eigenvalue weighted by Crippen LogP contribution is -2.38. The summed E-state index contributed by atoms with van der Waals surface area (Å²) in [6.07, 6.45) is -2.35. The second-order valence-corrected chi connectivity index (χ2v) is 5.14. The Balaban J connectivity index is 2.80. The van der Waals surface area contributed by atoms with Gasteiger partial charge in [-0.1, -0.05) is 31.5 Å². The van der Waals surface area contributed by atoms with Crippen molar-refractivity contribution in [3.05, 3.63) is 35.4 Å². The molecule has 1 aromatic rings. The van der Waals surface area contributed by atoms with Crippen LogP contribution in [0.15, 0.2) is 24.3 Å². The predicted molar refractivity (Wildman–Crippen MR) is 67.3 cm³/mol. The largest absolute Gasteiger partial charge is 0.416 e. The Morgan fingerprint density at radius 1 is 1.11 bits per heavy atom. The van der Waals surface area contributed by atoms with Gasteiger partial charge < -0.3 is 5.32 Å². The van der Waals surface area contributed by atoms with Crippen molar-refractivity contribution < 1.29 is 13.2 Å². The predicted octanol–water partition coefficient (Wildman–Crippen LogP) is 4.37. The molecular weight excluding hydrogens is 239 g/mol. The summed E-state index contributed by atoms with van der Waals surface area (Å²) in [5.41, 5.74) is -0.396. The molecule has 0 unspecified atom stereocenters. The Morgan fingerprint density at radius 2 is 1.72 bits per heavy atom. The normalized spacial score (nSPS) is 12.8. The lowest BCUT2D eigenvalue weighted by Gasteiger charge is -2.26. The second-order valence-electron chi connectivity index (χ2n) is 5.14. The van der Waals surface area contributed by atoms with Crippen molar-refractivity contribution in [2.45, 2.75) is 51.9 Å². The highest BCUT2D eigenvalue weighted by molar-refractivity contribution is 5.29. The van der Waals surface area contributed by atoms with Crippen LogP contribution in [0, 0.1) is 0 Å². The molecule has 0 amide bonds. The first-order valence-electron chi connectivity index (χ1n) is 6.16. The van der Waals surface area contributed by atoms with E-state index in [4.69, 9.17) is 0 Å². The maximum atomic E-state index is 12.8. The summed E-state index contributed by atoms with van der Waals surface area (Å²) >= 11 is 0. The van der Waals surface area contributed by atoms with E-state index in [0.717, 1.165) is 18.9 Å². The zero-order chi connectivity index (χ0) is 13.8. The molecule has 0 saturated heterocycles. The number of halogens is 3. The molecule has 18 heavy (non-hydrogen) atoms. The van der Waals surface area contributed by atoms with Crippen molar-refractivity contribution in [3.63, 3.8) is 0 Å². The average Bonchev–Trinajstić information content (AvgIpc) is 2.26. The molecule has 0 radical (unpaired) electrons. The smallest absolute Gasteiger partial charge is 0.308 e. The third kappa shape index (κ3) is 4.33. The molecule has 1 rings (SSSR count). The molecule has 0 aliphatic carbocycles. The first-order chi connectivity index (χ1) is 8.26. The van der Waals surface area contributed by atoms with Crippen LogP contribution in [0.2, 0.25) is 0 Å². The second kappa shape index (κ2) is 5.74. The van der Waals surface area contributed by atoms with E-state index in [-0.39, 0.29) is 12.1 Å². The lowest BCUT2D eigenvalue weighted by molar-refractivity contribution is -0.138. The molecule has 0 aliphatic heterocycles. The van der Waals surface area contributed by atoms with Gasteiger partial charge in [-0.25, -0.2) is 0 Å². The molecule has 0 atom stereocenters. The average molecular weight is 259 g/mol. The number of rotatable bonds is 5. The number of hydrogen-bond donors (Lipinski definition) is 1. The minimum atomic E-state index is -4.28. The standard InChI is InChI=1S/C14H20F3N/c1-4-9-13(2,3)18-10-11-7-5-6-8-12(11)14(15,16)17/h5-8,18H,4,9-10H2,1-3H3. The van der Waals surface area contributed by atoms with Crippen LogP contribution in [0.1, 0.15) is 44.7 Å². The molecule has 0 aliphatic rings. The molecule has 0 aromatic heterocycles. The van der Waals surface area contributed by atoms with Crippen molar-refractivity contribution in [2.75, 3.05) is 0 Å². The molecule has 0 fully saturated rings. The first kappa shape index (κ1) is 15.0. The summed E-state index contributed by atoms with van der Waals surface area (Å²) in [5.74, 6) is 0. The Morgan fingerprint density at radius 3 is 2.28 bits per heavy atom. The maximum absolute atomic E-state index is 12.8. The first-order valence-corrected chi connectivity index (χ1v) is 6.16. The van der Waals surface area contributed by atoms with E-state index in [1.165, 1.54) is 12.1 Å². The summed E-state index contributed by atoms with van der Waals surface area (Å²) in [6.45, 7) is 6.31. The quantitative estimate of drug-likeness (QED) is 0.827. The van der Waals surface area contributed by atoms with Gasteiger partial charge in [0, 0.05) is 12.1 Å². The van der Waals surface area contributed by atoms with Crippen LogP contribution in [-0.4, -0.2) is 5.54 Å². The Labute approximate surface area is 106 Å². The van der Waals surface area contributed by atoms with E-state index >= 15 is 0 Å². The van der Waals surface area contributed by atoms with E-state index in [2.05, 4.69) is 12.2 Å². The summed E-state index contributed by atoms with van der Waals surface area (Å²) in [4.78, 5) is 0. The van der Waals surface area contributed by atoms with E-state index < -0.39 is 11.7 Å². The maximum Gasteiger partial charge on any atom is 0.416 e. The van der Waals surface area contributed by atoms with Crippen molar-refractivity contribution in [1.82, 2.24) is 5.32 Å². The van der Waals surface area contributed by atoms with Gasteiger partial charge in [0.1, 0.15) is 0 Å². The van der Waals surface area contributed by atoms with E-state index in [1.54, 1.807) is 6.07 Å². The molecule has 0 saturated carbocycles. The number of hydrogen-bond acceptors (Lipinski definition) is 1. The Kier molecular flexibility index (Phi) is 4.79. The van der Waals surface area contributed by atoms with Crippen LogP contribution in [-0.2, 0) is 12.7 Å². The van der Waals surface area contributed by atoms with Crippen LogP contribution in [0.4, 0.5) is 13.2 Å². The number of nitrogens with one attached hydrogen (secondary N) is 1. The van der Waals surface area contributed by atoms with E-state index in [0.29, 0.717) is 5.56 Å². The Bertz CT molecular complexity index is 383. The van der Waals surface area contributed by atoms with Crippen LogP contribution in [0.25, 0.3) is 0 Å². The molecule has 1 aromatic carbocycles. The van der Waals surface area contributed by atoms with Gasteiger partial charge in [-0.05, 0) is 31.9 Å². The van der Waals surface area contributed by atoms with Crippen molar-refractivity contribution >= 4 is 0 Å². The fourth-order valence-corrected chi connectivity index (χ4v) is 2.00. The van der Waals surface area contributed by atoms with Crippen molar-refractivity contribution in [3.8, 4) is 0 Å². The molecule has 4 heteroatoms. The fraction of sp³-hybridized carbons (Fsp3) is 0.571. The van der Waals surface area contributed by atoms with Gasteiger partial charge in [0.25, 0.3) is 0 Å². The summed E-state index contributed by atoms with van der Waals surface area (Å²) in [6, 6.07) is 5.71. The van der Waals surface area contributed by atoms with Crippen LogP contribution in [0.5, 0.6) is 0 Å². The summed E-state index contributed by atoms with van der Waals surface area (Å²) < 4.78 is 38.4. The van der Waals surface area contributed by atoms with Gasteiger partial charge >= 0.3 is 6.18 Å². The third-order valence-corrected chi connectivity index (χ3v) is 2.96. The van der Waals surface area contributed by atoms with Crippen LogP contribution < -0.4 is 5.32 Å².